The van der Waals surface area contributed by atoms with Crippen molar-refractivity contribution in [3.8, 4) is 0 Å². The molecule has 0 unspecified atom stereocenters. The summed E-state index contributed by atoms with van der Waals surface area (Å²) in [5, 5.41) is 6.25. The zero-order chi connectivity index (χ0) is 13.2. The lowest BCUT2D eigenvalue weighted by atomic mass is 10.2. The van der Waals surface area contributed by atoms with Gasteiger partial charge in [0.1, 0.15) is 5.01 Å². The highest BCUT2D eigenvalue weighted by molar-refractivity contribution is 7.11. The Morgan fingerprint density at radius 1 is 1.26 bits per heavy atom. The summed E-state index contributed by atoms with van der Waals surface area (Å²) < 4.78 is 0. The maximum absolute atomic E-state index is 5.98. The van der Waals surface area contributed by atoms with Crippen molar-refractivity contribution in [2.45, 2.75) is 13.5 Å². The number of halogens is 1. The number of aryl methyl sites for hydroxylation is 1. The first kappa shape index (κ1) is 12.4. The quantitative estimate of drug-likeness (QED) is 0.782. The van der Waals surface area contributed by atoms with E-state index in [-0.39, 0.29) is 0 Å². The molecule has 3 nitrogen and oxygen atoms in total. The van der Waals surface area contributed by atoms with E-state index < -0.39 is 0 Å². The van der Waals surface area contributed by atoms with Crippen molar-refractivity contribution in [3.05, 3.63) is 51.6 Å². The molecule has 0 amide bonds. The minimum absolute atomic E-state index is 0.702. The molecule has 0 radical (unpaired) electrons. The lowest BCUT2D eigenvalue weighted by molar-refractivity contribution is 1.10. The number of nitrogens with one attached hydrogen (secondary N) is 1. The highest BCUT2D eigenvalue weighted by atomic mass is 35.5. The SMILES string of the molecule is Cc1cnc(CNc2ccnc3cc(Cl)ccc23)s1. The van der Waals surface area contributed by atoms with Crippen LogP contribution >= 0.6 is 22.9 Å². The number of rotatable bonds is 3. The number of benzene rings is 1. The van der Waals surface area contributed by atoms with Gasteiger partial charge in [0.2, 0.25) is 0 Å². The molecule has 0 saturated carbocycles. The Morgan fingerprint density at radius 3 is 2.95 bits per heavy atom. The van der Waals surface area contributed by atoms with Gasteiger partial charge in [-0.3, -0.25) is 4.98 Å². The Morgan fingerprint density at radius 2 is 2.16 bits per heavy atom. The van der Waals surface area contributed by atoms with Crippen LogP contribution in [0.5, 0.6) is 0 Å². The molecule has 0 spiro atoms. The van der Waals surface area contributed by atoms with Crippen LogP contribution in [0.4, 0.5) is 5.69 Å². The van der Waals surface area contributed by atoms with Crippen molar-refractivity contribution < 1.29 is 0 Å². The van der Waals surface area contributed by atoms with Gasteiger partial charge in [-0.15, -0.1) is 11.3 Å². The van der Waals surface area contributed by atoms with Crippen molar-refractivity contribution in [1.29, 1.82) is 0 Å². The van der Waals surface area contributed by atoms with Gasteiger partial charge in [-0.2, -0.15) is 0 Å². The Bertz CT molecular complexity index is 724. The molecule has 3 aromatic rings. The summed E-state index contributed by atoms with van der Waals surface area (Å²) in [7, 11) is 0. The summed E-state index contributed by atoms with van der Waals surface area (Å²) >= 11 is 7.68. The topological polar surface area (TPSA) is 37.8 Å². The Kier molecular flexibility index (Phi) is 3.36. The van der Waals surface area contributed by atoms with E-state index in [0.717, 1.165) is 28.1 Å². The van der Waals surface area contributed by atoms with Crippen LogP contribution < -0.4 is 5.32 Å². The van der Waals surface area contributed by atoms with E-state index in [1.54, 1.807) is 17.5 Å². The normalized spacial score (nSPS) is 10.8. The van der Waals surface area contributed by atoms with Gasteiger partial charge in [-0.05, 0) is 31.2 Å². The molecule has 3 rings (SSSR count). The van der Waals surface area contributed by atoms with E-state index >= 15 is 0 Å². The number of thiazole rings is 1. The van der Waals surface area contributed by atoms with Gasteiger partial charge < -0.3 is 5.32 Å². The second-order valence-electron chi connectivity index (χ2n) is 4.24. The molecule has 2 aromatic heterocycles. The third-order valence-electron chi connectivity index (χ3n) is 2.80. The van der Waals surface area contributed by atoms with Crippen molar-refractivity contribution in [1.82, 2.24) is 9.97 Å². The molecule has 0 aliphatic carbocycles. The Labute approximate surface area is 120 Å². The third-order valence-corrected chi connectivity index (χ3v) is 3.95. The van der Waals surface area contributed by atoms with Crippen LogP contribution in [0.15, 0.2) is 36.7 Å². The van der Waals surface area contributed by atoms with Gasteiger partial charge in [0.25, 0.3) is 0 Å². The molecule has 1 N–H and O–H groups in total. The largest absolute Gasteiger partial charge is 0.378 e. The molecule has 0 atom stereocenters. The van der Waals surface area contributed by atoms with Crippen LogP contribution in [0.3, 0.4) is 0 Å². The third kappa shape index (κ3) is 2.69. The average Bonchev–Trinajstić information content (AvgIpc) is 2.81. The number of hydrogen-bond acceptors (Lipinski definition) is 4. The van der Waals surface area contributed by atoms with Crippen molar-refractivity contribution in [2.75, 3.05) is 5.32 Å². The summed E-state index contributed by atoms with van der Waals surface area (Å²) in [6.07, 6.45) is 3.68. The second kappa shape index (κ2) is 5.15. The van der Waals surface area contributed by atoms with Gasteiger partial charge in [-0.25, -0.2) is 4.98 Å². The molecule has 0 aliphatic heterocycles. The number of hydrogen-bond donors (Lipinski definition) is 1. The first-order valence-electron chi connectivity index (χ1n) is 5.92. The molecule has 0 saturated heterocycles. The molecule has 19 heavy (non-hydrogen) atoms. The summed E-state index contributed by atoms with van der Waals surface area (Å²) in [5.74, 6) is 0. The predicted molar refractivity (Wildman–Crippen MR) is 80.9 cm³/mol. The van der Waals surface area contributed by atoms with Gasteiger partial charge >= 0.3 is 0 Å². The van der Waals surface area contributed by atoms with E-state index in [1.807, 2.05) is 30.5 Å². The second-order valence-corrected chi connectivity index (χ2v) is 5.99. The fourth-order valence-electron chi connectivity index (χ4n) is 1.93. The number of anilines is 1. The van der Waals surface area contributed by atoms with E-state index in [4.69, 9.17) is 11.6 Å². The van der Waals surface area contributed by atoms with Crippen molar-refractivity contribution in [3.63, 3.8) is 0 Å². The van der Waals surface area contributed by atoms with Crippen molar-refractivity contribution >= 4 is 39.5 Å². The lowest BCUT2D eigenvalue weighted by Gasteiger charge is -2.08. The van der Waals surface area contributed by atoms with Gasteiger partial charge in [0.05, 0.1) is 12.1 Å². The molecule has 1 aromatic carbocycles. The highest BCUT2D eigenvalue weighted by Crippen LogP contribution is 2.25. The van der Waals surface area contributed by atoms with Gasteiger partial charge in [0, 0.05) is 33.4 Å². The molecule has 0 aliphatic rings. The lowest BCUT2D eigenvalue weighted by Crippen LogP contribution is -1.99. The van der Waals surface area contributed by atoms with Crippen LogP contribution in [-0.4, -0.2) is 9.97 Å². The Hall–Kier alpha value is -1.65. The number of aromatic nitrogens is 2. The first-order valence-corrected chi connectivity index (χ1v) is 7.11. The standard InChI is InChI=1S/C14H12ClN3S/c1-9-7-18-14(19-9)8-17-12-4-5-16-13-6-10(15)2-3-11(12)13/h2-7H,8H2,1H3,(H,16,17). The summed E-state index contributed by atoms with van der Waals surface area (Å²) in [4.78, 5) is 9.89. The van der Waals surface area contributed by atoms with Crippen LogP contribution in [0.2, 0.25) is 5.02 Å². The maximum Gasteiger partial charge on any atom is 0.112 e. The van der Waals surface area contributed by atoms with Crippen LogP contribution in [0.1, 0.15) is 9.88 Å². The highest BCUT2D eigenvalue weighted by Gasteiger charge is 2.04. The van der Waals surface area contributed by atoms with Gasteiger partial charge in [-0.1, -0.05) is 11.6 Å². The summed E-state index contributed by atoms with van der Waals surface area (Å²) in [6.45, 7) is 2.78. The average molecular weight is 290 g/mol. The molecule has 96 valence electrons. The van der Waals surface area contributed by atoms with E-state index in [9.17, 15) is 0 Å². The number of nitrogens with zero attached hydrogens (tertiary/aromatic N) is 2. The van der Waals surface area contributed by atoms with E-state index in [1.165, 1.54) is 4.88 Å². The Balaban J connectivity index is 1.88. The maximum atomic E-state index is 5.98. The summed E-state index contributed by atoms with van der Waals surface area (Å²) in [6, 6.07) is 7.71. The minimum Gasteiger partial charge on any atom is -0.378 e. The zero-order valence-electron chi connectivity index (χ0n) is 10.4. The van der Waals surface area contributed by atoms with E-state index in [2.05, 4.69) is 22.2 Å². The number of pyridine rings is 1. The number of fused-ring (bicyclic) bond motifs is 1. The molecular weight excluding hydrogens is 278 g/mol. The van der Waals surface area contributed by atoms with E-state index in [0.29, 0.717) is 5.02 Å². The van der Waals surface area contributed by atoms with Crippen LogP contribution in [0.25, 0.3) is 10.9 Å². The fraction of sp³-hybridized carbons (Fsp3) is 0.143. The molecular formula is C14H12ClN3S. The van der Waals surface area contributed by atoms with Gasteiger partial charge in [0.15, 0.2) is 0 Å². The molecule has 0 bridgehead atoms. The smallest absolute Gasteiger partial charge is 0.112 e. The predicted octanol–water partition coefficient (Wildman–Crippen LogP) is 4.27. The van der Waals surface area contributed by atoms with Crippen LogP contribution in [-0.2, 0) is 6.54 Å². The fourth-order valence-corrected chi connectivity index (χ4v) is 2.82. The summed E-state index contributed by atoms with van der Waals surface area (Å²) in [5.41, 5.74) is 1.95. The monoisotopic (exact) mass is 289 g/mol. The van der Waals surface area contributed by atoms with Crippen molar-refractivity contribution in [2.24, 2.45) is 0 Å². The molecule has 5 heteroatoms. The minimum atomic E-state index is 0.702. The zero-order valence-corrected chi connectivity index (χ0v) is 11.9. The molecule has 0 fully saturated rings. The van der Waals surface area contributed by atoms with Crippen LogP contribution in [0, 0.1) is 6.92 Å². The molecule has 2 heterocycles. The first-order chi connectivity index (χ1) is 9.22.